The number of esters is 4. The SMILES string of the molecule is O=C(CC(=O)OC12CC3CC(C1)CC(OC(=O)CC(=O)OC14CC5CC(CC(C5)C1)C4)(C3)C2)OC12CC3CC(CC(C3)C1)C2. The number of hydrogen-bond donors (Lipinski definition) is 0. The molecule has 0 aromatic rings. The Hall–Kier alpha value is -2.12. The molecule has 0 aromatic carbocycles. The van der Waals surface area contributed by atoms with Gasteiger partial charge < -0.3 is 18.9 Å². The van der Waals surface area contributed by atoms with Crippen molar-refractivity contribution in [3.63, 3.8) is 0 Å². The first kappa shape index (κ1) is 28.1. The van der Waals surface area contributed by atoms with E-state index in [-0.39, 0.29) is 24.0 Å². The summed E-state index contributed by atoms with van der Waals surface area (Å²) in [6.45, 7) is 0. The molecule has 12 rings (SSSR count). The van der Waals surface area contributed by atoms with Gasteiger partial charge in [0.15, 0.2) is 0 Å². The van der Waals surface area contributed by atoms with E-state index in [1.54, 1.807) is 0 Å². The molecule has 0 aliphatic heterocycles. The Kier molecular flexibility index (Phi) is 6.20. The highest BCUT2D eigenvalue weighted by Gasteiger charge is 2.62. The van der Waals surface area contributed by atoms with Crippen LogP contribution < -0.4 is 0 Å². The first-order valence-corrected chi connectivity index (χ1v) is 17.9. The molecule has 0 spiro atoms. The molecular weight excluding hydrogens is 560 g/mol. The number of carbonyl (C=O) groups excluding carboxylic acids is 4. The normalized spacial score (nSPS) is 50.0. The average Bonchev–Trinajstić information content (AvgIpc) is 2.84. The fourth-order valence-electron chi connectivity index (χ4n) is 14.0. The maximum Gasteiger partial charge on any atom is 0.317 e. The van der Waals surface area contributed by atoms with Gasteiger partial charge in [0.25, 0.3) is 0 Å². The van der Waals surface area contributed by atoms with Crippen molar-refractivity contribution >= 4 is 23.9 Å². The summed E-state index contributed by atoms with van der Waals surface area (Å²) in [4.78, 5) is 52.5. The van der Waals surface area contributed by atoms with Crippen molar-refractivity contribution in [2.24, 2.45) is 47.3 Å². The van der Waals surface area contributed by atoms with Crippen LogP contribution in [0.3, 0.4) is 0 Å². The smallest absolute Gasteiger partial charge is 0.317 e. The average molecular weight is 609 g/mol. The molecule has 240 valence electrons. The molecule has 8 nitrogen and oxygen atoms in total. The van der Waals surface area contributed by atoms with Crippen LogP contribution in [-0.4, -0.2) is 46.3 Å². The summed E-state index contributed by atoms with van der Waals surface area (Å²) in [6.07, 6.45) is 17.0. The second-order valence-corrected chi connectivity index (χ2v) is 17.8. The van der Waals surface area contributed by atoms with Crippen LogP contribution in [0, 0.1) is 47.3 Å². The van der Waals surface area contributed by atoms with Crippen LogP contribution in [0.4, 0.5) is 0 Å². The maximum absolute atomic E-state index is 13.2. The van der Waals surface area contributed by atoms with Crippen LogP contribution in [0.25, 0.3) is 0 Å². The van der Waals surface area contributed by atoms with Crippen molar-refractivity contribution in [2.75, 3.05) is 0 Å². The summed E-state index contributed by atoms with van der Waals surface area (Å²) in [5.41, 5.74) is -2.19. The minimum Gasteiger partial charge on any atom is -0.459 e. The van der Waals surface area contributed by atoms with E-state index in [0.717, 1.165) is 70.6 Å². The third-order valence-electron chi connectivity index (χ3n) is 13.8. The lowest BCUT2D eigenvalue weighted by atomic mass is 9.52. The van der Waals surface area contributed by atoms with Gasteiger partial charge in [-0.25, -0.2) is 0 Å². The second kappa shape index (κ2) is 9.70. The van der Waals surface area contributed by atoms with Crippen molar-refractivity contribution in [3.05, 3.63) is 0 Å². The van der Waals surface area contributed by atoms with Crippen LogP contribution in [0.1, 0.15) is 128 Å². The van der Waals surface area contributed by atoms with Crippen LogP contribution in [0.5, 0.6) is 0 Å². The van der Waals surface area contributed by atoms with Crippen molar-refractivity contribution in [3.8, 4) is 0 Å². The van der Waals surface area contributed by atoms with Gasteiger partial charge in [-0.3, -0.25) is 19.2 Å². The van der Waals surface area contributed by atoms with E-state index < -0.39 is 35.1 Å². The molecule has 12 aliphatic carbocycles. The third kappa shape index (κ3) is 4.99. The van der Waals surface area contributed by atoms with Crippen LogP contribution in [-0.2, 0) is 38.1 Å². The molecule has 12 bridgehead atoms. The predicted molar refractivity (Wildman–Crippen MR) is 156 cm³/mol. The van der Waals surface area contributed by atoms with Crippen molar-refractivity contribution in [1.82, 2.24) is 0 Å². The highest BCUT2D eigenvalue weighted by atomic mass is 16.6. The van der Waals surface area contributed by atoms with E-state index in [9.17, 15) is 19.2 Å². The summed E-state index contributed by atoms with van der Waals surface area (Å²) in [5, 5.41) is 0. The van der Waals surface area contributed by atoms with E-state index >= 15 is 0 Å². The minimum absolute atomic E-state index is 0.301. The van der Waals surface area contributed by atoms with Crippen LogP contribution in [0.15, 0.2) is 0 Å². The van der Waals surface area contributed by atoms with Crippen molar-refractivity contribution in [2.45, 2.75) is 151 Å². The molecule has 0 N–H and O–H groups in total. The van der Waals surface area contributed by atoms with Gasteiger partial charge in [-0.05, 0) is 156 Å². The fraction of sp³-hybridized carbons (Fsp3) is 0.889. The van der Waals surface area contributed by atoms with E-state index in [1.165, 1.54) is 38.5 Å². The van der Waals surface area contributed by atoms with E-state index in [2.05, 4.69) is 0 Å². The quantitative estimate of drug-likeness (QED) is 0.189. The van der Waals surface area contributed by atoms with Gasteiger partial charge in [0.2, 0.25) is 0 Å². The zero-order valence-electron chi connectivity index (χ0n) is 26.0. The first-order valence-electron chi connectivity index (χ1n) is 17.9. The molecule has 44 heavy (non-hydrogen) atoms. The van der Waals surface area contributed by atoms with Gasteiger partial charge in [0.1, 0.15) is 35.2 Å². The van der Waals surface area contributed by atoms with Gasteiger partial charge in [-0.15, -0.1) is 0 Å². The summed E-state index contributed by atoms with van der Waals surface area (Å²) in [7, 11) is 0. The Bertz CT molecular complexity index is 1090. The molecule has 0 radical (unpaired) electrons. The molecule has 12 saturated carbocycles. The Balaban J connectivity index is 0.811. The van der Waals surface area contributed by atoms with Crippen molar-refractivity contribution < 1.29 is 38.1 Å². The van der Waals surface area contributed by atoms with Crippen LogP contribution in [0.2, 0.25) is 0 Å². The monoisotopic (exact) mass is 608 g/mol. The Labute approximate surface area is 260 Å². The lowest BCUT2D eigenvalue weighted by molar-refractivity contribution is -0.232. The Morgan fingerprint density at radius 3 is 0.886 bits per heavy atom. The molecule has 0 heterocycles. The standard InChI is InChI=1S/C36H48O8/c37-29(41-33-10-21-1-22(11-33)3-23(2-21)12-33)8-31(39)43-35-16-27-7-28(17-35)19-36(18-27,20-35)44-32(40)9-30(38)42-34-13-24-4-25(14-34)6-26(5-24)15-34/h21-28H,1-20H2. The van der Waals surface area contributed by atoms with Gasteiger partial charge in [0.05, 0.1) is 0 Å². The minimum atomic E-state index is -0.720. The molecular formula is C36H48O8. The van der Waals surface area contributed by atoms with Crippen molar-refractivity contribution in [1.29, 1.82) is 0 Å². The highest BCUT2D eigenvalue weighted by molar-refractivity contribution is 5.92. The largest absolute Gasteiger partial charge is 0.459 e. The predicted octanol–water partition coefficient (Wildman–Crippen LogP) is 5.97. The number of carbonyl (C=O) groups is 4. The van der Waals surface area contributed by atoms with E-state index in [1.807, 2.05) is 0 Å². The highest BCUT2D eigenvalue weighted by Crippen LogP contribution is 2.61. The summed E-state index contributed by atoms with van der Waals surface area (Å²) in [5.74, 6) is 2.58. The lowest BCUT2D eigenvalue weighted by Gasteiger charge is -2.60. The van der Waals surface area contributed by atoms with Gasteiger partial charge in [-0.2, -0.15) is 0 Å². The zero-order chi connectivity index (χ0) is 29.9. The summed E-state index contributed by atoms with van der Waals surface area (Å²) in [6, 6.07) is 0. The first-order chi connectivity index (χ1) is 21.0. The maximum atomic E-state index is 13.2. The van der Waals surface area contributed by atoms with E-state index in [4.69, 9.17) is 18.9 Å². The van der Waals surface area contributed by atoms with Gasteiger partial charge in [-0.1, -0.05) is 0 Å². The molecule has 0 unspecified atom stereocenters. The second-order valence-electron chi connectivity index (χ2n) is 17.8. The molecule has 0 atom stereocenters. The number of rotatable bonds is 8. The number of hydrogen-bond acceptors (Lipinski definition) is 8. The molecule has 12 aliphatic rings. The lowest BCUT2D eigenvalue weighted by Crippen LogP contribution is -2.62. The van der Waals surface area contributed by atoms with E-state index in [0.29, 0.717) is 53.8 Å². The Morgan fingerprint density at radius 1 is 0.364 bits per heavy atom. The van der Waals surface area contributed by atoms with Gasteiger partial charge >= 0.3 is 23.9 Å². The van der Waals surface area contributed by atoms with Gasteiger partial charge in [0, 0.05) is 6.42 Å². The summed E-state index contributed by atoms with van der Waals surface area (Å²) >= 11 is 0. The summed E-state index contributed by atoms with van der Waals surface area (Å²) < 4.78 is 24.5. The third-order valence-corrected chi connectivity index (χ3v) is 13.8. The zero-order valence-corrected chi connectivity index (χ0v) is 26.0. The molecule has 0 aromatic heterocycles. The molecule has 12 fully saturated rings. The topological polar surface area (TPSA) is 105 Å². The van der Waals surface area contributed by atoms with Crippen LogP contribution >= 0.6 is 0 Å². The molecule has 0 saturated heterocycles. The fourth-order valence-corrected chi connectivity index (χ4v) is 14.0. The Morgan fingerprint density at radius 2 is 0.591 bits per heavy atom. The molecule has 0 amide bonds. The number of ether oxygens (including phenoxy) is 4. The molecule has 8 heteroatoms.